The number of hydrogen-bond donors (Lipinski definition) is 1. The number of nitrogens with zero attached hydrogens (tertiary/aromatic N) is 1. The van der Waals surface area contributed by atoms with Gasteiger partial charge in [0.25, 0.3) is 5.91 Å². The van der Waals surface area contributed by atoms with Gasteiger partial charge in [0.15, 0.2) is 5.69 Å². The second-order valence-corrected chi connectivity index (χ2v) is 3.60. The molecule has 5 nitrogen and oxygen atoms in total. The Hall–Kier alpha value is -1.07. The van der Waals surface area contributed by atoms with Crippen molar-refractivity contribution in [3.8, 4) is 0 Å². The molecule has 0 fully saturated rings. The monoisotopic (exact) mass is 232 g/mol. The van der Waals surface area contributed by atoms with E-state index in [4.69, 9.17) is 16.3 Å². The number of carbonyl (C=O) groups excluding carboxylic acids is 1. The number of alkyl halides is 1. The van der Waals surface area contributed by atoms with E-state index < -0.39 is 0 Å². The van der Waals surface area contributed by atoms with Crippen LogP contribution < -0.4 is 5.32 Å². The Kier molecular flexibility index (Phi) is 5.14. The third kappa shape index (κ3) is 4.31. The van der Waals surface area contributed by atoms with E-state index >= 15 is 0 Å². The van der Waals surface area contributed by atoms with Crippen molar-refractivity contribution in [2.45, 2.75) is 11.8 Å². The zero-order chi connectivity index (χ0) is 11.1. The average molecular weight is 233 g/mol. The number of nitrogens with one attached hydrogen (secondary N) is 1. The molecule has 0 aliphatic rings. The van der Waals surface area contributed by atoms with Crippen LogP contribution in [0, 0.1) is 0 Å². The van der Waals surface area contributed by atoms with Crippen LogP contribution in [0.5, 0.6) is 0 Å². The summed E-state index contributed by atoms with van der Waals surface area (Å²) >= 11 is 5.88. The quantitative estimate of drug-likeness (QED) is 0.745. The van der Waals surface area contributed by atoms with Crippen molar-refractivity contribution in [1.29, 1.82) is 0 Å². The Bertz CT molecular complexity index is 290. The third-order valence-corrected chi connectivity index (χ3v) is 2.11. The van der Waals surface area contributed by atoms with Gasteiger partial charge in [-0.25, -0.2) is 0 Å². The minimum atomic E-state index is -0.259. The molecular weight excluding hydrogens is 220 g/mol. The minimum absolute atomic E-state index is 0.0902. The number of rotatable bonds is 6. The van der Waals surface area contributed by atoms with E-state index in [1.807, 2.05) is 0 Å². The molecule has 0 aromatic carbocycles. The van der Waals surface area contributed by atoms with Gasteiger partial charge >= 0.3 is 0 Å². The summed E-state index contributed by atoms with van der Waals surface area (Å²) in [4.78, 5) is 11.3. The maximum absolute atomic E-state index is 11.3. The highest BCUT2D eigenvalue weighted by Gasteiger charge is 2.09. The molecule has 0 bridgehead atoms. The van der Waals surface area contributed by atoms with Crippen molar-refractivity contribution >= 4 is 17.5 Å². The van der Waals surface area contributed by atoms with Crippen LogP contribution in [-0.2, 0) is 4.74 Å². The van der Waals surface area contributed by atoms with Gasteiger partial charge in [-0.05, 0) is 6.42 Å². The first kappa shape index (κ1) is 12.0. The van der Waals surface area contributed by atoms with Gasteiger partial charge in [0, 0.05) is 19.7 Å². The number of carbonyl (C=O) groups is 1. The van der Waals surface area contributed by atoms with E-state index in [9.17, 15) is 4.79 Å². The van der Waals surface area contributed by atoms with Gasteiger partial charge in [0.2, 0.25) is 0 Å². The van der Waals surface area contributed by atoms with Crippen LogP contribution in [0.3, 0.4) is 0 Å². The first-order valence-electron chi connectivity index (χ1n) is 4.55. The summed E-state index contributed by atoms with van der Waals surface area (Å²) in [5.41, 5.74) is 0.271. The Morgan fingerprint density at radius 1 is 1.80 bits per heavy atom. The average Bonchev–Trinajstić information content (AvgIpc) is 2.70. The van der Waals surface area contributed by atoms with Gasteiger partial charge in [-0.1, -0.05) is 5.16 Å². The Balaban J connectivity index is 2.18. The Morgan fingerprint density at radius 2 is 2.60 bits per heavy atom. The molecule has 1 N–H and O–H groups in total. The molecule has 0 aliphatic carbocycles. The van der Waals surface area contributed by atoms with E-state index in [1.54, 1.807) is 7.11 Å². The fourth-order valence-corrected chi connectivity index (χ4v) is 1.26. The fourth-order valence-electron chi connectivity index (χ4n) is 1.03. The summed E-state index contributed by atoms with van der Waals surface area (Å²) in [5.74, 6) is -0.259. The summed E-state index contributed by atoms with van der Waals surface area (Å²) in [6.45, 7) is 0.963. The lowest BCUT2D eigenvalue weighted by molar-refractivity contribution is 0.0942. The van der Waals surface area contributed by atoms with Gasteiger partial charge in [0.1, 0.15) is 6.26 Å². The second kappa shape index (κ2) is 6.42. The molecule has 1 amide bonds. The number of aromatic nitrogens is 1. The van der Waals surface area contributed by atoms with Crippen LogP contribution in [0.1, 0.15) is 16.9 Å². The molecule has 1 atom stereocenters. The van der Waals surface area contributed by atoms with Gasteiger partial charge in [-0.2, -0.15) is 0 Å². The highest BCUT2D eigenvalue weighted by atomic mass is 35.5. The number of methoxy groups -OCH3 is 1. The second-order valence-electron chi connectivity index (χ2n) is 2.98. The zero-order valence-corrected chi connectivity index (χ0v) is 9.16. The third-order valence-electron chi connectivity index (χ3n) is 1.76. The molecule has 1 rings (SSSR count). The molecular formula is C9H13ClN2O3. The molecule has 1 aromatic rings. The van der Waals surface area contributed by atoms with Crippen molar-refractivity contribution < 1.29 is 14.1 Å². The molecule has 1 heterocycles. The molecule has 15 heavy (non-hydrogen) atoms. The first-order chi connectivity index (χ1) is 7.24. The largest absolute Gasteiger partial charge is 0.383 e. The van der Waals surface area contributed by atoms with Crippen LogP contribution in [-0.4, -0.2) is 36.7 Å². The van der Waals surface area contributed by atoms with Gasteiger partial charge in [-0.15, -0.1) is 11.6 Å². The molecule has 0 aliphatic heterocycles. The molecule has 1 aromatic heterocycles. The number of ether oxygens (including phenoxy) is 1. The van der Waals surface area contributed by atoms with Crippen LogP contribution in [0.2, 0.25) is 0 Å². The fraction of sp³-hybridized carbons (Fsp3) is 0.556. The molecule has 0 spiro atoms. The lowest BCUT2D eigenvalue weighted by Gasteiger charge is -2.07. The normalized spacial score (nSPS) is 12.4. The summed E-state index contributed by atoms with van der Waals surface area (Å²) < 4.78 is 9.41. The summed E-state index contributed by atoms with van der Waals surface area (Å²) in [7, 11) is 1.59. The standard InChI is InChI=1S/C9H13ClN2O3/c1-14-6-7(10)2-4-11-9(13)8-3-5-15-12-8/h3,5,7H,2,4,6H2,1H3,(H,11,13). The Labute approximate surface area is 92.7 Å². The van der Waals surface area contributed by atoms with E-state index in [0.29, 0.717) is 19.6 Å². The summed E-state index contributed by atoms with van der Waals surface area (Å²) in [5, 5.41) is 6.09. The van der Waals surface area contributed by atoms with Crippen molar-refractivity contribution in [3.05, 3.63) is 18.0 Å². The summed E-state index contributed by atoms with van der Waals surface area (Å²) in [6.07, 6.45) is 2.00. The van der Waals surface area contributed by atoms with Crippen LogP contribution in [0.25, 0.3) is 0 Å². The molecule has 0 saturated carbocycles. The lowest BCUT2D eigenvalue weighted by Crippen LogP contribution is -2.27. The minimum Gasteiger partial charge on any atom is -0.383 e. The topological polar surface area (TPSA) is 64.4 Å². The predicted octanol–water partition coefficient (Wildman–Crippen LogP) is 1.05. The predicted molar refractivity (Wildman–Crippen MR) is 55.0 cm³/mol. The molecule has 84 valence electrons. The van der Waals surface area contributed by atoms with Crippen molar-refractivity contribution in [2.24, 2.45) is 0 Å². The van der Waals surface area contributed by atoms with Crippen molar-refractivity contribution in [3.63, 3.8) is 0 Å². The van der Waals surface area contributed by atoms with Crippen LogP contribution >= 0.6 is 11.6 Å². The van der Waals surface area contributed by atoms with Crippen LogP contribution in [0.4, 0.5) is 0 Å². The van der Waals surface area contributed by atoms with Gasteiger partial charge < -0.3 is 14.6 Å². The number of halogens is 1. The van der Waals surface area contributed by atoms with Crippen molar-refractivity contribution in [1.82, 2.24) is 10.5 Å². The molecule has 6 heteroatoms. The first-order valence-corrected chi connectivity index (χ1v) is 4.99. The van der Waals surface area contributed by atoms with E-state index in [2.05, 4.69) is 15.0 Å². The van der Waals surface area contributed by atoms with Crippen LogP contribution in [0.15, 0.2) is 16.9 Å². The SMILES string of the molecule is COCC(Cl)CCNC(=O)c1ccon1. The Morgan fingerprint density at radius 3 is 3.20 bits per heavy atom. The highest BCUT2D eigenvalue weighted by Crippen LogP contribution is 2.01. The van der Waals surface area contributed by atoms with Gasteiger partial charge in [-0.3, -0.25) is 4.79 Å². The lowest BCUT2D eigenvalue weighted by atomic mass is 10.3. The molecule has 0 saturated heterocycles. The summed E-state index contributed by atoms with van der Waals surface area (Å²) in [6, 6.07) is 1.50. The number of hydrogen-bond acceptors (Lipinski definition) is 4. The van der Waals surface area contributed by atoms with Gasteiger partial charge in [0.05, 0.1) is 12.0 Å². The maximum Gasteiger partial charge on any atom is 0.273 e. The number of amides is 1. The maximum atomic E-state index is 11.3. The van der Waals surface area contributed by atoms with E-state index in [1.165, 1.54) is 12.3 Å². The van der Waals surface area contributed by atoms with E-state index in [-0.39, 0.29) is 17.0 Å². The molecule has 1 unspecified atom stereocenters. The molecule has 0 radical (unpaired) electrons. The van der Waals surface area contributed by atoms with E-state index in [0.717, 1.165) is 0 Å². The van der Waals surface area contributed by atoms with Crippen molar-refractivity contribution in [2.75, 3.05) is 20.3 Å². The highest BCUT2D eigenvalue weighted by molar-refractivity contribution is 6.20. The smallest absolute Gasteiger partial charge is 0.273 e. The zero-order valence-electron chi connectivity index (χ0n) is 8.40.